The van der Waals surface area contributed by atoms with Crippen molar-refractivity contribution in [3.63, 3.8) is 0 Å². The third-order valence-corrected chi connectivity index (χ3v) is 4.73. The largest absolute Gasteiger partial charge is 0.392 e. The van der Waals surface area contributed by atoms with Crippen molar-refractivity contribution < 1.29 is 9.90 Å². The number of anilines is 1. The predicted octanol–water partition coefficient (Wildman–Crippen LogP) is 2.73. The van der Waals surface area contributed by atoms with Crippen molar-refractivity contribution in [2.75, 3.05) is 11.9 Å². The fourth-order valence-electron chi connectivity index (χ4n) is 2.85. The van der Waals surface area contributed by atoms with Gasteiger partial charge in [0, 0.05) is 30.5 Å². The fraction of sp³-hybridized carbons (Fsp3) is 0.316. The van der Waals surface area contributed by atoms with Gasteiger partial charge in [-0.2, -0.15) is 0 Å². The second kappa shape index (κ2) is 7.17. The highest BCUT2D eigenvalue weighted by Gasteiger charge is 2.25. The number of nitrogens with zero attached hydrogens (tertiary/aromatic N) is 3. The average Bonchev–Trinajstić information content (AvgIpc) is 3.34. The average molecular weight is 386 g/mol. The molecule has 0 bridgehead atoms. The Morgan fingerprint density at radius 2 is 2.22 bits per heavy atom. The molecule has 1 aromatic carbocycles. The van der Waals surface area contributed by atoms with Gasteiger partial charge in [-0.15, -0.1) is 0 Å². The number of hydrogen-bond acceptors (Lipinski definition) is 5. The normalized spacial score (nSPS) is 14.9. The van der Waals surface area contributed by atoms with Gasteiger partial charge in [0.25, 0.3) is 5.91 Å². The quantitative estimate of drug-likeness (QED) is 0.606. The van der Waals surface area contributed by atoms with Crippen LogP contribution in [0.4, 0.5) is 5.82 Å². The van der Waals surface area contributed by atoms with E-state index in [-0.39, 0.29) is 11.9 Å². The first-order valence-corrected chi connectivity index (χ1v) is 9.25. The Labute approximate surface area is 161 Å². The number of imidazole rings is 1. The molecular weight excluding hydrogens is 366 g/mol. The van der Waals surface area contributed by atoms with Crippen molar-refractivity contribution >= 4 is 29.0 Å². The SMILES string of the molecule is CC(O)CNc1nccn2c(-c3ccc(C(=O)NC4CC4)c(Cl)c3)cnc12. The molecule has 0 aliphatic heterocycles. The van der Waals surface area contributed by atoms with Gasteiger partial charge in [-0.3, -0.25) is 9.20 Å². The number of aliphatic hydroxyl groups excluding tert-OH is 1. The molecule has 27 heavy (non-hydrogen) atoms. The number of carbonyl (C=O) groups is 1. The van der Waals surface area contributed by atoms with Crippen LogP contribution in [0.5, 0.6) is 0 Å². The van der Waals surface area contributed by atoms with E-state index in [2.05, 4.69) is 20.6 Å². The molecule has 1 fully saturated rings. The zero-order valence-electron chi connectivity index (χ0n) is 14.8. The molecule has 1 aliphatic carbocycles. The van der Waals surface area contributed by atoms with Crippen LogP contribution in [-0.2, 0) is 0 Å². The predicted molar refractivity (Wildman–Crippen MR) is 104 cm³/mol. The lowest BCUT2D eigenvalue weighted by Crippen LogP contribution is -2.25. The van der Waals surface area contributed by atoms with Crippen LogP contribution in [0.2, 0.25) is 5.02 Å². The monoisotopic (exact) mass is 385 g/mol. The topological polar surface area (TPSA) is 91.5 Å². The first kappa shape index (κ1) is 17.8. The molecule has 1 saturated carbocycles. The Bertz CT molecular complexity index is 997. The minimum absolute atomic E-state index is 0.138. The summed E-state index contributed by atoms with van der Waals surface area (Å²) < 4.78 is 1.90. The van der Waals surface area contributed by atoms with Gasteiger partial charge in [0.15, 0.2) is 11.5 Å². The number of nitrogens with one attached hydrogen (secondary N) is 2. The van der Waals surface area contributed by atoms with E-state index in [4.69, 9.17) is 11.6 Å². The number of aromatic nitrogens is 3. The summed E-state index contributed by atoms with van der Waals surface area (Å²) in [6.07, 6.45) is 6.79. The van der Waals surface area contributed by atoms with Crippen molar-refractivity contribution in [3.05, 3.63) is 47.4 Å². The van der Waals surface area contributed by atoms with Gasteiger partial charge in [-0.1, -0.05) is 17.7 Å². The van der Waals surface area contributed by atoms with Crippen LogP contribution in [0.25, 0.3) is 16.9 Å². The molecule has 1 amide bonds. The second-order valence-corrected chi connectivity index (χ2v) is 7.19. The van der Waals surface area contributed by atoms with E-state index in [9.17, 15) is 9.90 Å². The Morgan fingerprint density at radius 1 is 1.41 bits per heavy atom. The number of carbonyl (C=O) groups excluding carboxylic acids is 1. The highest BCUT2D eigenvalue weighted by molar-refractivity contribution is 6.34. The maximum Gasteiger partial charge on any atom is 0.253 e. The van der Waals surface area contributed by atoms with Gasteiger partial charge < -0.3 is 15.7 Å². The van der Waals surface area contributed by atoms with Crippen molar-refractivity contribution in [1.82, 2.24) is 19.7 Å². The van der Waals surface area contributed by atoms with Gasteiger partial charge in [0.2, 0.25) is 0 Å². The third-order valence-electron chi connectivity index (χ3n) is 4.41. The summed E-state index contributed by atoms with van der Waals surface area (Å²) >= 11 is 6.37. The molecule has 1 atom stereocenters. The molecule has 7 nitrogen and oxygen atoms in total. The minimum atomic E-state index is -0.491. The second-order valence-electron chi connectivity index (χ2n) is 6.79. The molecule has 0 spiro atoms. The molecule has 1 aliphatic rings. The summed E-state index contributed by atoms with van der Waals surface area (Å²) in [4.78, 5) is 21.0. The highest BCUT2D eigenvalue weighted by atomic mass is 35.5. The van der Waals surface area contributed by atoms with E-state index in [1.165, 1.54) is 0 Å². The standard InChI is InChI=1S/C19H20ClN5O2/c1-11(26)9-22-17-18-23-10-16(25(18)7-6-21-17)12-2-5-14(15(20)8-12)19(27)24-13-3-4-13/h2,5-8,10-11,13,26H,3-4,9H2,1H3,(H,21,22)(H,24,27). The lowest BCUT2D eigenvalue weighted by atomic mass is 10.1. The first-order chi connectivity index (χ1) is 13.0. The molecule has 2 heterocycles. The van der Waals surface area contributed by atoms with E-state index in [0.29, 0.717) is 28.6 Å². The molecule has 2 aromatic heterocycles. The molecule has 8 heteroatoms. The molecule has 3 aromatic rings. The minimum Gasteiger partial charge on any atom is -0.392 e. The third kappa shape index (κ3) is 3.74. The maximum atomic E-state index is 12.2. The molecule has 4 rings (SSSR count). The van der Waals surface area contributed by atoms with Crippen LogP contribution >= 0.6 is 11.6 Å². The molecular formula is C19H20ClN5O2. The van der Waals surface area contributed by atoms with Gasteiger partial charge in [0.1, 0.15) is 0 Å². The van der Waals surface area contributed by atoms with Crippen LogP contribution in [0.15, 0.2) is 36.8 Å². The van der Waals surface area contributed by atoms with E-state index in [1.807, 2.05) is 16.7 Å². The van der Waals surface area contributed by atoms with Crippen molar-refractivity contribution in [3.8, 4) is 11.3 Å². The highest BCUT2D eigenvalue weighted by Crippen LogP contribution is 2.28. The number of amides is 1. The number of benzene rings is 1. The van der Waals surface area contributed by atoms with Crippen LogP contribution in [-0.4, -0.2) is 44.1 Å². The number of halogens is 1. The Kier molecular flexibility index (Phi) is 4.72. The number of fused-ring (bicyclic) bond motifs is 1. The number of hydrogen-bond donors (Lipinski definition) is 3. The summed E-state index contributed by atoms with van der Waals surface area (Å²) in [6.45, 7) is 2.08. The summed E-state index contributed by atoms with van der Waals surface area (Å²) in [7, 11) is 0. The molecule has 140 valence electrons. The van der Waals surface area contributed by atoms with Crippen molar-refractivity contribution in [1.29, 1.82) is 0 Å². The number of rotatable bonds is 6. The zero-order valence-corrected chi connectivity index (χ0v) is 15.6. The summed E-state index contributed by atoms with van der Waals surface area (Å²) in [5.74, 6) is 0.456. The lowest BCUT2D eigenvalue weighted by Gasteiger charge is -2.10. The van der Waals surface area contributed by atoms with Gasteiger partial charge in [0.05, 0.1) is 28.6 Å². The Hall–Kier alpha value is -2.64. The Morgan fingerprint density at radius 3 is 2.93 bits per heavy atom. The maximum absolute atomic E-state index is 12.2. The smallest absolute Gasteiger partial charge is 0.253 e. The van der Waals surface area contributed by atoms with Crippen LogP contribution in [0.3, 0.4) is 0 Å². The van der Waals surface area contributed by atoms with Crippen LogP contribution < -0.4 is 10.6 Å². The molecule has 1 unspecified atom stereocenters. The van der Waals surface area contributed by atoms with Gasteiger partial charge in [-0.25, -0.2) is 9.97 Å². The summed E-state index contributed by atoms with van der Waals surface area (Å²) in [5, 5.41) is 15.9. The first-order valence-electron chi connectivity index (χ1n) is 8.87. The van der Waals surface area contributed by atoms with Gasteiger partial charge >= 0.3 is 0 Å². The van der Waals surface area contributed by atoms with Crippen molar-refractivity contribution in [2.24, 2.45) is 0 Å². The van der Waals surface area contributed by atoms with E-state index < -0.39 is 6.10 Å². The summed E-state index contributed by atoms with van der Waals surface area (Å²) in [5.41, 5.74) is 2.81. The molecule has 0 saturated heterocycles. The molecule has 0 radical (unpaired) electrons. The van der Waals surface area contributed by atoms with E-state index in [0.717, 1.165) is 24.1 Å². The number of aliphatic hydroxyl groups is 1. The van der Waals surface area contributed by atoms with Gasteiger partial charge in [-0.05, 0) is 31.9 Å². The van der Waals surface area contributed by atoms with Crippen LogP contribution in [0, 0.1) is 0 Å². The molecule has 3 N–H and O–H groups in total. The fourth-order valence-corrected chi connectivity index (χ4v) is 3.12. The van der Waals surface area contributed by atoms with E-state index in [1.54, 1.807) is 31.5 Å². The lowest BCUT2D eigenvalue weighted by molar-refractivity contribution is 0.0951. The Balaban J connectivity index is 1.65. The van der Waals surface area contributed by atoms with Crippen LogP contribution in [0.1, 0.15) is 30.1 Å². The summed E-state index contributed by atoms with van der Waals surface area (Å²) in [6, 6.07) is 5.66. The zero-order chi connectivity index (χ0) is 19.0. The van der Waals surface area contributed by atoms with Crippen molar-refractivity contribution in [2.45, 2.75) is 31.9 Å². The van der Waals surface area contributed by atoms with E-state index >= 15 is 0 Å².